The maximum absolute atomic E-state index is 4.34. The molecule has 2 rings (SSSR count). The fourth-order valence-electron chi connectivity index (χ4n) is 1.59. The first-order valence-electron chi connectivity index (χ1n) is 5.55. The van der Waals surface area contributed by atoms with Crippen molar-refractivity contribution in [2.45, 2.75) is 26.4 Å². The summed E-state index contributed by atoms with van der Waals surface area (Å²) in [7, 11) is 0. The van der Waals surface area contributed by atoms with Crippen LogP contribution >= 0.6 is 27.3 Å². The summed E-state index contributed by atoms with van der Waals surface area (Å²) in [4.78, 5) is 5.61. The second-order valence-electron chi connectivity index (χ2n) is 4.02. The van der Waals surface area contributed by atoms with E-state index in [1.807, 2.05) is 6.20 Å². The first kappa shape index (κ1) is 12.7. The molecule has 1 N–H and O–H groups in total. The standard InChI is InChI=1S/C13H15BrN2S/c1-9-7-16-13(17-9)8-15-10(2)11-3-5-12(14)6-4-11/h3-7,10,15H,8H2,1-2H3/t10-/m1/s1. The van der Waals surface area contributed by atoms with E-state index < -0.39 is 0 Å². The van der Waals surface area contributed by atoms with Gasteiger partial charge in [0.2, 0.25) is 0 Å². The van der Waals surface area contributed by atoms with Crippen molar-refractivity contribution in [3.05, 3.63) is 50.4 Å². The lowest BCUT2D eigenvalue weighted by Crippen LogP contribution is -2.17. The number of aryl methyl sites for hydroxylation is 1. The van der Waals surface area contributed by atoms with Gasteiger partial charge in [-0.2, -0.15) is 0 Å². The molecule has 17 heavy (non-hydrogen) atoms. The summed E-state index contributed by atoms with van der Waals surface area (Å²) in [5.41, 5.74) is 1.29. The van der Waals surface area contributed by atoms with Gasteiger partial charge in [-0.05, 0) is 31.5 Å². The minimum atomic E-state index is 0.340. The number of benzene rings is 1. The van der Waals surface area contributed by atoms with Gasteiger partial charge in [-0.15, -0.1) is 11.3 Å². The molecule has 0 aliphatic carbocycles. The molecule has 4 heteroatoms. The Bertz CT molecular complexity index is 478. The van der Waals surface area contributed by atoms with E-state index in [4.69, 9.17) is 0 Å². The summed E-state index contributed by atoms with van der Waals surface area (Å²) in [6.45, 7) is 5.08. The Morgan fingerprint density at radius 1 is 1.35 bits per heavy atom. The maximum Gasteiger partial charge on any atom is 0.107 e. The number of hydrogen-bond donors (Lipinski definition) is 1. The molecular weight excluding hydrogens is 296 g/mol. The van der Waals surface area contributed by atoms with Crippen LogP contribution in [0.1, 0.15) is 28.4 Å². The highest BCUT2D eigenvalue weighted by molar-refractivity contribution is 9.10. The Hall–Kier alpha value is -0.710. The van der Waals surface area contributed by atoms with Gasteiger partial charge in [0.1, 0.15) is 5.01 Å². The van der Waals surface area contributed by atoms with Gasteiger partial charge in [-0.25, -0.2) is 4.98 Å². The van der Waals surface area contributed by atoms with Crippen LogP contribution in [-0.4, -0.2) is 4.98 Å². The lowest BCUT2D eigenvalue weighted by molar-refractivity contribution is 0.573. The zero-order valence-electron chi connectivity index (χ0n) is 9.90. The van der Waals surface area contributed by atoms with Crippen molar-refractivity contribution < 1.29 is 0 Å². The average molecular weight is 311 g/mol. The summed E-state index contributed by atoms with van der Waals surface area (Å²) in [5, 5.41) is 4.63. The first-order chi connectivity index (χ1) is 8.15. The predicted octanol–water partition coefficient (Wildman–Crippen LogP) is 4.06. The van der Waals surface area contributed by atoms with Gasteiger partial charge in [0.25, 0.3) is 0 Å². The van der Waals surface area contributed by atoms with Crippen molar-refractivity contribution in [2.75, 3.05) is 0 Å². The number of hydrogen-bond acceptors (Lipinski definition) is 3. The van der Waals surface area contributed by atoms with Gasteiger partial charge in [0, 0.05) is 28.1 Å². The Labute approximate surface area is 114 Å². The lowest BCUT2D eigenvalue weighted by atomic mass is 10.1. The second-order valence-corrected chi connectivity index (χ2v) is 6.25. The monoisotopic (exact) mass is 310 g/mol. The van der Waals surface area contributed by atoms with Crippen LogP contribution in [0.5, 0.6) is 0 Å². The van der Waals surface area contributed by atoms with E-state index >= 15 is 0 Å². The zero-order chi connectivity index (χ0) is 12.3. The van der Waals surface area contributed by atoms with E-state index in [1.165, 1.54) is 10.4 Å². The third kappa shape index (κ3) is 3.63. The number of rotatable bonds is 4. The minimum absolute atomic E-state index is 0.340. The number of aromatic nitrogens is 1. The van der Waals surface area contributed by atoms with E-state index in [0.29, 0.717) is 6.04 Å². The number of nitrogens with one attached hydrogen (secondary N) is 1. The Kier molecular flexibility index (Phi) is 4.31. The normalized spacial score (nSPS) is 12.6. The van der Waals surface area contributed by atoms with Crippen LogP contribution in [0.25, 0.3) is 0 Å². The third-order valence-corrected chi connectivity index (χ3v) is 4.04. The Balaban J connectivity index is 1.93. The summed E-state index contributed by atoms with van der Waals surface area (Å²) in [6.07, 6.45) is 1.92. The molecule has 2 nitrogen and oxygen atoms in total. The van der Waals surface area contributed by atoms with Gasteiger partial charge in [0.15, 0.2) is 0 Å². The van der Waals surface area contributed by atoms with Crippen molar-refractivity contribution in [1.82, 2.24) is 10.3 Å². The molecule has 0 saturated heterocycles. The van der Waals surface area contributed by atoms with Gasteiger partial charge >= 0.3 is 0 Å². The molecule has 0 aliphatic heterocycles. The van der Waals surface area contributed by atoms with Crippen LogP contribution < -0.4 is 5.32 Å². The summed E-state index contributed by atoms with van der Waals surface area (Å²) < 4.78 is 1.11. The smallest absolute Gasteiger partial charge is 0.107 e. The van der Waals surface area contributed by atoms with E-state index in [1.54, 1.807) is 11.3 Å². The molecule has 1 aromatic heterocycles. The van der Waals surface area contributed by atoms with Crippen molar-refractivity contribution in [3.63, 3.8) is 0 Å². The highest BCUT2D eigenvalue weighted by Gasteiger charge is 2.05. The van der Waals surface area contributed by atoms with Crippen molar-refractivity contribution in [2.24, 2.45) is 0 Å². The van der Waals surface area contributed by atoms with Crippen LogP contribution in [0.2, 0.25) is 0 Å². The fraction of sp³-hybridized carbons (Fsp3) is 0.308. The highest BCUT2D eigenvalue weighted by atomic mass is 79.9. The van der Waals surface area contributed by atoms with Crippen molar-refractivity contribution in [3.8, 4) is 0 Å². The Morgan fingerprint density at radius 2 is 2.06 bits per heavy atom. The van der Waals surface area contributed by atoms with Gasteiger partial charge in [-0.3, -0.25) is 0 Å². The van der Waals surface area contributed by atoms with E-state index in [-0.39, 0.29) is 0 Å². The molecule has 1 heterocycles. The van der Waals surface area contributed by atoms with Crippen LogP contribution in [0.15, 0.2) is 34.9 Å². The molecule has 0 spiro atoms. The van der Waals surface area contributed by atoms with E-state index in [9.17, 15) is 0 Å². The van der Waals surface area contributed by atoms with Crippen LogP contribution in [0.3, 0.4) is 0 Å². The summed E-state index contributed by atoms with van der Waals surface area (Å²) in [5.74, 6) is 0. The number of nitrogens with zero attached hydrogens (tertiary/aromatic N) is 1. The van der Waals surface area contributed by atoms with Crippen LogP contribution in [-0.2, 0) is 6.54 Å². The van der Waals surface area contributed by atoms with Gasteiger partial charge < -0.3 is 5.32 Å². The molecule has 0 bridgehead atoms. The van der Waals surface area contributed by atoms with Crippen molar-refractivity contribution in [1.29, 1.82) is 0 Å². The largest absolute Gasteiger partial charge is 0.304 e. The molecule has 0 radical (unpaired) electrons. The SMILES string of the molecule is Cc1cnc(CN[C@H](C)c2ccc(Br)cc2)s1. The quantitative estimate of drug-likeness (QED) is 0.921. The topological polar surface area (TPSA) is 24.9 Å². The molecule has 0 fully saturated rings. The third-order valence-electron chi connectivity index (χ3n) is 2.60. The highest BCUT2D eigenvalue weighted by Crippen LogP contribution is 2.18. The fourth-order valence-corrected chi connectivity index (χ4v) is 2.60. The molecule has 0 saturated carbocycles. The number of thiazole rings is 1. The molecule has 2 aromatic rings. The lowest BCUT2D eigenvalue weighted by Gasteiger charge is -2.13. The minimum Gasteiger partial charge on any atom is -0.304 e. The predicted molar refractivity (Wildman–Crippen MR) is 76.2 cm³/mol. The van der Waals surface area contributed by atoms with Gasteiger partial charge in [0.05, 0.1) is 0 Å². The van der Waals surface area contributed by atoms with Crippen LogP contribution in [0, 0.1) is 6.92 Å². The molecule has 90 valence electrons. The summed E-state index contributed by atoms with van der Waals surface area (Å²) >= 11 is 5.19. The van der Waals surface area contributed by atoms with E-state index in [2.05, 4.69) is 64.3 Å². The molecule has 0 aliphatic rings. The maximum atomic E-state index is 4.34. The van der Waals surface area contributed by atoms with Gasteiger partial charge in [-0.1, -0.05) is 28.1 Å². The molecular formula is C13H15BrN2S. The Morgan fingerprint density at radius 3 is 2.65 bits per heavy atom. The van der Waals surface area contributed by atoms with Crippen molar-refractivity contribution >= 4 is 27.3 Å². The molecule has 0 unspecified atom stereocenters. The number of halogens is 1. The molecule has 1 aromatic carbocycles. The van der Waals surface area contributed by atoms with Crippen LogP contribution in [0.4, 0.5) is 0 Å². The second kappa shape index (κ2) is 5.76. The first-order valence-corrected chi connectivity index (χ1v) is 7.16. The average Bonchev–Trinajstić information content (AvgIpc) is 2.73. The zero-order valence-corrected chi connectivity index (χ0v) is 12.3. The van der Waals surface area contributed by atoms with E-state index in [0.717, 1.165) is 16.0 Å². The molecule has 0 amide bonds. The summed E-state index contributed by atoms with van der Waals surface area (Å²) in [6, 6.07) is 8.75. The molecule has 1 atom stereocenters.